The molecule has 0 aliphatic heterocycles. The minimum atomic E-state index is 0. The first kappa shape index (κ1) is 19.3. The molecule has 4 heavy (non-hydrogen) atoms. The number of hydrogen-bond acceptors (Lipinski definition) is 0. The average Bonchev–Trinajstić information content (AvgIpc) is 1.00. The van der Waals surface area contributed by atoms with Crippen molar-refractivity contribution < 1.29 is 3.38 Å². The number of hydrogen-bond donors (Lipinski definition) is 0. The van der Waals surface area contributed by atoms with Gasteiger partial charge < -0.3 is 0 Å². The van der Waals surface area contributed by atoms with Crippen LogP contribution in [-0.2, 0) is 0 Å². The third kappa shape index (κ3) is 11.2. The molecule has 0 saturated heterocycles. The molecule has 5 radical (unpaired) electrons. The fraction of sp³-hybridized carbons (Fsp3) is 0. The Bertz CT molecular complexity index is 6.00. The van der Waals surface area contributed by atoms with E-state index in [4.69, 9.17) is 0 Å². The van der Waals surface area contributed by atoms with E-state index in [1.165, 1.54) is 0 Å². The molecule has 3 heteroatoms. The molecule has 13 valence electrons. The van der Waals surface area contributed by atoms with Gasteiger partial charge in [-0.05, 0) is 0 Å². The van der Waals surface area contributed by atoms with Crippen LogP contribution < -0.4 is 0 Å². The van der Waals surface area contributed by atoms with E-state index in [9.17, 15) is 3.38 Å². The molecule has 0 nitrogen and oxygen atoms in total. The molecular formula is CFLi2. The third-order valence-corrected chi connectivity index (χ3v) is 0. The molecule has 0 aromatic rings. The fourth-order valence-electron chi connectivity index (χ4n) is 0. The summed E-state index contributed by atoms with van der Waals surface area (Å²) in [5.41, 5.74) is 0. The van der Waals surface area contributed by atoms with Crippen molar-refractivity contribution in [2.24, 2.45) is 0 Å². The van der Waals surface area contributed by atoms with Crippen LogP contribution in [0.2, 0.25) is 0 Å². The number of halogens is 1. The van der Waals surface area contributed by atoms with Crippen molar-refractivity contribution in [1.82, 2.24) is 0 Å². The molecule has 0 heterocycles. The topological polar surface area (TPSA) is 0 Å². The molecule has 0 spiro atoms. The third-order valence-electron chi connectivity index (χ3n) is 0. The molecule has 0 aromatic carbocycles. The van der Waals surface area contributed by atoms with Gasteiger partial charge in [0.25, 0.3) is 0 Å². The van der Waals surface area contributed by atoms with E-state index in [0.29, 0.717) is 18.2 Å². The van der Waals surface area contributed by atoms with E-state index < -0.39 is 0 Å². The van der Waals surface area contributed by atoms with Crippen molar-refractivity contribution in [3.8, 4) is 0 Å². The van der Waals surface area contributed by atoms with E-state index in [0.717, 1.165) is 0 Å². The zero-order valence-electron chi connectivity index (χ0n) is 2.88. The van der Waals surface area contributed by atoms with Gasteiger partial charge in [0.05, 0.1) is 0 Å². The Hall–Kier alpha value is 1.12. The van der Waals surface area contributed by atoms with Crippen LogP contribution in [0, 0.1) is 7.43 Å². The molecular weight excluding hydrogens is 44.9 g/mol. The first-order chi connectivity index (χ1) is 1.00. The van der Waals surface area contributed by atoms with Crippen molar-refractivity contribution in [3.63, 3.8) is 0 Å². The van der Waals surface area contributed by atoms with Gasteiger partial charge in [0.1, 0.15) is 0 Å². The van der Waals surface area contributed by atoms with Gasteiger partial charge in [-0.3, -0.25) is 0 Å². The standard InChI is InChI=1S/C.FH.2Li/h;1H;;/q;;;+1/p-1. The van der Waals surface area contributed by atoms with Crippen molar-refractivity contribution in [1.29, 1.82) is 0 Å². The van der Waals surface area contributed by atoms with E-state index in [-0.39, 0.29) is 26.3 Å². The molecule has 0 saturated carbocycles. The van der Waals surface area contributed by atoms with Crippen LogP contribution in [0.3, 0.4) is 0 Å². The van der Waals surface area contributed by atoms with Gasteiger partial charge in [-0.25, -0.2) is 0 Å². The predicted octanol–water partition coefficient (Wildman–Crippen LogP) is -0.260. The van der Waals surface area contributed by atoms with Crippen molar-refractivity contribution in [2.45, 2.75) is 0 Å². The zero-order chi connectivity index (χ0) is 2.00. The summed E-state index contributed by atoms with van der Waals surface area (Å²) >= 11 is 0.500. The Morgan fingerprint density at radius 1 is 1.25 bits per heavy atom. The summed E-state index contributed by atoms with van der Waals surface area (Å²) in [5.74, 6) is 0. The van der Waals surface area contributed by atoms with Gasteiger partial charge in [-0.15, -0.1) is 0 Å². The zero-order valence-corrected chi connectivity index (χ0v) is 2.88. The first-order valence-corrected chi connectivity index (χ1v) is 0.378. The Kier molecular flexibility index (Phi) is 154. The maximum atomic E-state index is 9.50. The van der Waals surface area contributed by atoms with Crippen LogP contribution in [0.1, 0.15) is 0 Å². The Labute approximate surface area is 48.1 Å². The van der Waals surface area contributed by atoms with E-state index >= 15 is 0 Å². The average molecular weight is 44.9 g/mol. The minimum absolute atomic E-state index is 0. The van der Waals surface area contributed by atoms with Crippen LogP contribution in [0.4, 0.5) is 3.38 Å². The Morgan fingerprint density at radius 2 is 1.25 bits per heavy atom. The van der Waals surface area contributed by atoms with Crippen LogP contribution in [0.25, 0.3) is 0 Å². The molecule has 0 bridgehead atoms. The van der Waals surface area contributed by atoms with Gasteiger partial charge in [-0.2, -0.15) is 0 Å². The van der Waals surface area contributed by atoms with E-state index in [1.54, 1.807) is 0 Å². The van der Waals surface area contributed by atoms with Crippen molar-refractivity contribution >= 4 is 37.1 Å². The monoisotopic (exact) mass is 45.0 g/mol. The normalized spacial score (nSPS) is 1.75. The van der Waals surface area contributed by atoms with Gasteiger partial charge >= 0.3 is 21.6 Å². The quantitative estimate of drug-likeness (QED) is 0.329. The summed E-state index contributed by atoms with van der Waals surface area (Å²) in [5, 5.41) is 0. The van der Waals surface area contributed by atoms with Crippen LogP contribution in [-0.4, -0.2) is 37.1 Å². The molecule has 0 aliphatic carbocycles. The molecule has 0 aromatic heterocycles. The first-order valence-electron chi connectivity index (χ1n) is 0.378. The summed E-state index contributed by atoms with van der Waals surface area (Å²) in [6.07, 6.45) is 0. The number of rotatable bonds is 0. The summed E-state index contributed by atoms with van der Waals surface area (Å²) < 4.78 is 9.50. The maximum absolute atomic E-state index is 9.50. The SMILES string of the molecule is [C].[Li].[Li][F]. The molecule has 0 rings (SSSR count). The summed E-state index contributed by atoms with van der Waals surface area (Å²) in [4.78, 5) is 0. The molecule has 0 N–H and O–H groups in total. The second-order valence-electron chi connectivity index (χ2n) is 0. The second-order valence-corrected chi connectivity index (χ2v) is 0. The van der Waals surface area contributed by atoms with E-state index in [1.807, 2.05) is 0 Å². The second kappa shape index (κ2) is 31.8. The predicted molar refractivity (Wildman–Crippen MR) is 15.9 cm³/mol. The summed E-state index contributed by atoms with van der Waals surface area (Å²) in [7, 11) is 0. The molecule has 0 unspecified atom stereocenters. The van der Waals surface area contributed by atoms with Crippen molar-refractivity contribution in [3.05, 3.63) is 7.43 Å². The summed E-state index contributed by atoms with van der Waals surface area (Å²) in [6, 6.07) is 0. The van der Waals surface area contributed by atoms with Crippen LogP contribution in [0.15, 0.2) is 0 Å². The van der Waals surface area contributed by atoms with Crippen LogP contribution >= 0.6 is 0 Å². The fourth-order valence-corrected chi connectivity index (χ4v) is 0. The molecule has 0 fully saturated rings. The summed E-state index contributed by atoms with van der Waals surface area (Å²) in [6.45, 7) is 0. The molecule has 0 amide bonds. The van der Waals surface area contributed by atoms with Crippen LogP contribution in [0.5, 0.6) is 0 Å². The Morgan fingerprint density at radius 3 is 1.25 bits per heavy atom. The van der Waals surface area contributed by atoms with Crippen molar-refractivity contribution in [2.75, 3.05) is 0 Å². The van der Waals surface area contributed by atoms with Gasteiger partial charge in [0.15, 0.2) is 0 Å². The van der Waals surface area contributed by atoms with Gasteiger partial charge in [0.2, 0.25) is 0 Å². The van der Waals surface area contributed by atoms with Gasteiger partial charge in [0, 0.05) is 26.3 Å². The van der Waals surface area contributed by atoms with E-state index in [2.05, 4.69) is 0 Å². The molecule has 0 atom stereocenters. The Balaban J connectivity index is -0.00000000500. The molecule has 0 aliphatic rings. The van der Waals surface area contributed by atoms with Gasteiger partial charge in [-0.1, -0.05) is 0 Å².